The highest BCUT2D eigenvalue weighted by Gasteiger charge is 1.97. The molecule has 0 spiro atoms. The minimum absolute atomic E-state index is 0.278. The molecule has 0 aliphatic heterocycles. The summed E-state index contributed by atoms with van der Waals surface area (Å²) in [6, 6.07) is 6.71. The Morgan fingerprint density at radius 2 is 2.15 bits per heavy atom. The smallest absolute Gasteiger partial charge is 0.308 e. The molecular weight excluding hydrogens is 168 g/mol. The minimum Gasteiger partial charge on any atom is -0.427 e. The van der Waals surface area contributed by atoms with Crippen molar-refractivity contribution in [3.8, 4) is 5.75 Å². The number of carbonyl (C=O) groups excluding carboxylic acids is 1. The Hall–Kier alpha value is -1.35. The van der Waals surface area contributed by atoms with E-state index in [0.29, 0.717) is 5.75 Å². The fourth-order valence-corrected chi connectivity index (χ4v) is 0.965. The van der Waals surface area contributed by atoms with Crippen molar-refractivity contribution in [2.24, 2.45) is 0 Å². The van der Waals surface area contributed by atoms with Crippen LogP contribution in [0.1, 0.15) is 13.9 Å². The van der Waals surface area contributed by atoms with Gasteiger partial charge in [0, 0.05) is 13.5 Å². The number of carbonyl (C=O) groups is 1. The Balaban J connectivity index is 2.63. The molecule has 0 aliphatic rings. The minimum atomic E-state index is -1.10. The van der Waals surface area contributed by atoms with E-state index in [0.717, 1.165) is 5.56 Å². The molecular formula is C10H12O3. The van der Waals surface area contributed by atoms with E-state index in [2.05, 4.69) is 0 Å². The van der Waals surface area contributed by atoms with Crippen LogP contribution >= 0.6 is 0 Å². The lowest BCUT2D eigenvalue weighted by Gasteiger charge is -2.02. The molecule has 70 valence electrons. The zero-order chi connectivity index (χ0) is 10.6. The van der Waals surface area contributed by atoms with Crippen LogP contribution in [-0.2, 0) is 11.2 Å². The standard InChI is InChI=1S/C10H12O3/c1-8(12)13-10-4-2-9(3-5-10)6-7-11/h2-5,11H,6-7H2,1H3/i7D/t7-/m1/s1. The van der Waals surface area contributed by atoms with Crippen molar-refractivity contribution in [2.75, 3.05) is 6.58 Å². The molecule has 1 rings (SSSR count). The first-order chi connectivity index (χ1) is 6.58. The van der Waals surface area contributed by atoms with Gasteiger partial charge in [-0.3, -0.25) is 4.79 Å². The van der Waals surface area contributed by atoms with E-state index in [1.807, 2.05) is 0 Å². The molecule has 1 aromatic carbocycles. The fourth-order valence-electron chi connectivity index (χ4n) is 0.965. The summed E-state index contributed by atoms with van der Waals surface area (Å²) in [7, 11) is 0. The molecule has 0 saturated heterocycles. The Bertz CT molecular complexity index is 306. The van der Waals surface area contributed by atoms with Crippen LogP contribution in [0.15, 0.2) is 24.3 Å². The van der Waals surface area contributed by atoms with Crippen LogP contribution in [0.25, 0.3) is 0 Å². The third-order valence-electron chi connectivity index (χ3n) is 1.51. The van der Waals surface area contributed by atoms with Crippen molar-refractivity contribution < 1.29 is 16.0 Å². The summed E-state index contributed by atoms with van der Waals surface area (Å²) in [4.78, 5) is 10.6. The maximum Gasteiger partial charge on any atom is 0.308 e. The summed E-state index contributed by atoms with van der Waals surface area (Å²) in [6.07, 6.45) is 0.278. The summed E-state index contributed by atoms with van der Waals surface area (Å²) >= 11 is 0. The molecule has 13 heavy (non-hydrogen) atoms. The van der Waals surface area contributed by atoms with Crippen LogP contribution in [0.4, 0.5) is 0 Å². The monoisotopic (exact) mass is 181 g/mol. The van der Waals surface area contributed by atoms with Crippen molar-refractivity contribution in [3.05, 3.63) is 29.8 Å². The third kappa shape index (κ3) is 3.25. The van der Waals surface area contributed by atoms with Gasteiger partial charge in [0.1, 0.15) is 5.75 Å². The van der Waals surface area contributed by atoms with Crippen LogP contribution < -0.4 is 4.74 Å². The Morgan fingerprint density at radius 3 is 2.62 bits per heavy atom. The molecule has 0 bridgehead atoms. The number of rotatable bonds is 3. The quantitative estimate of drug-likeness (QED) is 0.562. The maximum absolute atomic E-state index is 10.6. The topological polar surface area (TPSA) is 46.5 Å². The second-order valence-electron chi connectivity index (χ2n) is 2.62. The predicted molar refractivity (Wildman–Crippen MR) is 48.5 cm³/mol. The lowest BCUT2D eigenvalue weighted by Crippen LogP contribution is -2.01. The van der Waals surface area contributed by atoms with E-state index in [-0.39, 0.29) is 12.4 Å². The highest BCUT2D eigenvalue weighted by molar-refractivity contribution is 5.69. The van der Waals surface area contributed by atoms with Gasteiger partial charge in [-0.25, -0.2) is 0 Å². The van der Waals surface area contributed by atoms with Gasteiger partial charge in [-0.1, -0.05) is 12.1 Å². The first-order valence-electron chi connectivity index (χ1n) is 4.53. The number of esters is 1. The highest BCUT2D eigenvalue weighted by Crippen LogP contribution is 2.12. The summed E-state index contributed by atoms with van der Waals surface area (Å²) in [5, 5.41) is 8.80. The molecule has 0 heterocycles. The fraction of sp³-hybridized carbons (Fsp3) is 0.300. The molecule has 0 aromatic heterocycles. The number of hydrogen-bond donors (Lipinski definition) is 1. The molecule has 1 N–H and O–H groups in total. The lowest BCUT2D eigenvalue weighted by molar-refractivity contribution is -0.131. The highest BCUT2D eigenvalue weighted by atomic mass is 16.5. The average Bonchev–Trinajstić information content (AvgIpc) is 2.06. The van der Waals surface area contributed by atoms with Gasteiger partial charge in [-0.15, -0.1) is 0 Å². The van der Waals surface area contributed by atoms with E-state index in [1.54, 1.807) is 24.3 Å². The van der Waals surface area contributed by atoms with E-state index in [9.17, 15) is 4.79 Å². The van der Waals surface area contributed by atoms with Gasteiger partial charge in [0.15, 0.2) is 0 Å². The van der Waals surface area contributed by atoms with Gasteiger partial charge in [0.25, 0.3) is 0 Å². The molecule has 0 saturated carbocycles. The summed E-state index contributed by atoms with van der Waals surface area (Å²) < 4.78 is 11.8. The molecule has 3 nitrogen and oxygen atoms in total. The van der Waals surface area contributed by atoms with E-state index >= 15 is 0 Å². The molecule has 1 aromatic rings. The first-order valence-corrected chi connectivity index (χ1v) is 3.95. The van der Waals surface area contributed by atoms with Crippen molar-refractivity contribution in [1.82, 2.24) is 0 Å². The van der Waals surface area contributed by atoms with Gasteiger partial charge in [0.05, 0.1) is 1.37 Å². The number of aryl methyl sites for hydroxylation is 1. The third-order valence-corrected chi connectivity index (χ3v) is 1.51. The zero-order valence-corrected chi connectivity index (χ0v) is 7.36. The predicted octanol–water partition coefficient (Wildman–Crippen LogP) is 1.15. The second-order valence-corrected chi connectivity index (χ2v) is 2.62. The first kappa shape index (κ1) is 8.26. The molecule has 0 radical (unpaired) electrons. The maximum atomic E-state index is 10.6. The van der Waals surface area contributed by atoms with Crippen molar-refractivity contribution in [3.63, 3.8) is 0 Å². The van der Waals surface area contributed by atoms with Gasteiger partial charge < -0.3 is 9.84 Å². The Morgan fingerprint density at radius 1 is 1.54 bits per heavy atom. The average molecular weight is 181 g/mol. The normalized spacial score (nSPS) is 13.2. The number of hydrogen-bond acceptors (Lipinski definition) is 3. The van der Waals surface area contributed by atoms with Crippen LogP contribution in [0.2, 0.25) is 0 Å². The number of benzene rings is 1. The van der Waals surface area contributed by atoms with Gasteiger partial charge in [0.2, 0.25) is 0 Å². The molecule has 0 fully saturated rings. The molecule has 0 amide bonds. The summed E-state index contributed by atoms with van der Waals surface area (Å²) in [6.45, 7) is 0.233. The van der Waals surface area contributed by atoms with E-state index in [1.165, 1.54) is 6.92 Å². The van der Waals surface area contributed by atoms with Crippen molar-refractivity contribution in [1.29, 1.82) is 0 Å². The number of ether oxygens (including phenoxy) is 1. The van der Waals surface area contributed by atoms with Crippen molar-refractivity contribution >= 4 is 5.97 Å². The van der Waals surface area contributed by atoms with Crippen LogP contribution in [-0.4, -0.2) is 17.7 Å². The van der Waals surface area contributed by atoms with Crippen LogP contribution in [0.5, 0.6) is 5.75 Å². The lowest BCUT2D eigenvalue weighted by atomic mass is 10.1. The molecule has 3 heteroatoms. The second kappa shape index (κ2) is 4.62. The molecule has 0 aliphatic carbocycles. The molecule has 1 atom stereocenters. The Labute approximate surface area is 78.4 Å². The van der Waals surface area contributed by atoms with Gasteiger partial charge in [-0.2, -0.15) is 0 Å². The zero-order valence-electron chi connectivity index (χ0n) is 8.36. The van der Waals surface area contributed by atoms with Gasteiger partial charge in [-0.05, 0) is 24.1 Å². The number of aliphatic hydroxyl groups excluding tert-OH is 1. The van der Waals surface area contributed by atoms with E-state index in [4.69, 9.17) is 11.2 Å². The SMILES string of the molecule is [2H][C@@H](O)Cc1ccc(OC(C)=O)cc1. The Kier molecular flexibility index (Phi) is 2.94. The summed E-state index contributed by atoms with van der Waals surface area (Å²) in [5.41, 5.74) is 0.836. The van der Waals surface area contributed by atoms with E-state index < -0.39 is 6.58 Å². The van der Waals surface area contributed by atoms with Crippen LogP contribution in [0, 0.1) is 0 Å². The molecule has 0 unspecified atom stereocenters. The van der Waals surface area contributed by atoms with Crippen LogP contribution in [0.3, 0.4) is 0 Å². The van der Waals surface area contributed by atoms with Gasteiger partial charge >= 0.3 is 5.97 Å². The largest absolute Gasteiger partial charge is 0.427 e. The number of aliphatic hydroxyl groups is 1. The van der Waals surface area contributed by atoms with Crippen molar-refractivity contribution in [2.45, 2.75) is 13.3 Å². The summed E-state index contributed by atoms with van der Waals surface area (Å²) in [5.74, 6) is 0.110.